The highest BCUT2D eigenvalue weighted by molar-refractivity contribution is 5.94. The van der Waals surface area contributed by atoms with Gasteiger partial charge in [-0.05, 0) is 26.3 Å². The Bertz CT molecular complexity index is 672. The van der Waals surface area contributed by atoms with Crippen molar-refractivity contribution < 1.29 is 4.79 Å². The molecule has 0 spiro atoms. The number of rotatable bonds is 4. The summed E-state index contributed by atoms with van der Waals surface area (Å²) >= 11 is 0. The van der Waals surface area contributed by atoms with Crippen molar-refractivity contribution in [3.63, 3.8) is 0 Å². The molecule has 0 aliphatic heterocycles. The zero-order valence-corrected chi connectivity index (χ0v) is 11.8. The number of hydrogen-bond acceptors (Lipinski definition) is 3. The van der Waals surface area contributed by atoms with Crippen molar-refractivity contribution in [2.24, 2.45) is 0 Å². The van der Waals surface area contributed by atoms with E-state index in [0.29, 0.717) is 17.7 Å². The molecule has 0 fully saturated rings. The van der Waals surface area contributed by atoms with Gasteiger partial charge in [-0.3, -0.25) is 9.59 Å². The molecule has 6 nitrogen and oxygen atoms in total. The first-order valence-electron chi connectivity index (χ1n) is 6.53. The van der Waals surface area contributed by atoms with Crippen LogP contribution in [0.3, 0.4) is 0 Å². The molecule has 1 amide bonds. The number of amides is 1. The third kappa shape index (κ3) is 3.14. The third-order valence-corrected chi connectivity index (χ3v) is 3.01. The predicted octanol–water partition coefficient (Wildman–Crippen LogP) is 1.60. The van der Waals surface area contributed by atoms with E-state index in [1.165, 1.54) is 6.07 Å². The number of aryl methyl sites for hydroxylation is 2. The molecule has 2 aromatic heterocycles. The predicted molar refractivity (Wildman–Crippen MR) is 75.6 cm³/mol. The molecule has 0 saturated heterocycles. The molecule has 0 aromatic carbocycles. The lowest BCUT2D eigenvalue weighted by Gasteiger charge is -2.14. The number of carbonyl (C=O) groups excluding carboxylic acids is 1. The number of nitrogens with one attached hydrogen (secondary N) is 3. The fourth-order valence-electron chi connectivity index (χ4n) is 2.03. The number of aromatic amines is 2. The molecule has 2 rings (SSSR count). The van der Waals surface area contributed by atoms with Crippen molar-refractivity contribution in [2.45, 2.75) is 33.2 Å². The summed E-state index contributed by atoms with van der Waals surface area (Å²) in [6, 6.07) is 2.75. The molecule has 0 radical (unpaired) electrons. The van der Waals surface area contributed by atoms with E-state index in [9.17, 15) is 9.59 Å². The SMILES string of the molecule is CCC(NC(=O)c1cc(C)[nH]c(=O)c1)c1ncc(C)[nH]1. The van der Waals surface area contributed by atoms with Gasteiger partial charge in [-0.15, -0.1) is 0 Å². The molecule has 0 saturated carbocycles. The summed E-state index contributed by atoms with van der Waals surface area (Å²) in [6.07, 6.45) is 2.43. The summed E-state index contributed by atoms with van der Waals surface area (Å²) in [5.74, 6) is 0.444. The summed E-state index contributed by atoms with van der Waals surface area (Å²) in [6.45, 7) is 5.61. The lowest BCUT2D eigenvalue weighted by Crippen LogP contribution is -2.30. The number of nitrogens with zero attached hydrogens (tertiary/aromatic N) is 1. The van der Waals surface area contributed by atoms with Gasteiger partial charge in [-0.2, -0.15) is 0 Å². The summed E-state index contributed by atoms with van der Waals surface area (Å²) in [5, 5.41) is 2.88. The van der Waals surface area contributed by atoms with Gasteiger partial charge in [0.25, 0.3) is 5.91 Å². The average molecular weight is 274 g/mol. The van der Waals surface area contributed by atoms with Crippen molar-refractivity contribution in [3.8, 4) is 0 Å². The quantitative estimate of drug-likeness (QED) is 0.790. The lowest BCUT2D eigenvalue weighted by molar-refractivity contribution is 0.0933. The van der Waals surface area contributed by atoms with E-state index in [-0.39, 0.29) is 17.5 Å². The minimum atomic E-state index is -0.281. The Labute approximate surface area is 116 Å². The second kappa shape index (κ2) is 5.73. The van der Waals surface area contributed by atoms with E-state index in [1.54, 1.807) is 19.2 Å². The smallest absolute Gasteiger partial charge is 0.252 e. The monoisotopic (exact) mass is 274 g/mol. The van der Waals surface area contributed by atoms with Gasteiger partial charge in [0, 0.05) is 29.2 Å². The minimum Gasteiger partial charge on any atom is -0.344 e. The van der Waals surface area contributed by atoms with E-state index in [1.807, 2.05) is 13.8 Å². The molecule has 0 bridgehead atoms. The summed E-state index contributed by atoms with van der Waals surface area (Å²) in [5.41, 5.74) is 1.68. The van der Waals surface area contributed by atoms with Crippen molar-refractivity contribution in [1.29, 1.82) is 0 Å². The normalized spacial score (nSPS) is 12.2. The standard InChI is InChI=1S/C14H18N4O2/c1-4-11(13-15-7-9(3)17-13)18-14(20)10-5-8(2)16-12(19)6-10/h5-7,11H,4H2,1-3H3,(H,15,17)(H,16,19)(H,18,20). The Morgan fingerprint density at radius 1 is 1.30 bits per heavy atom. The van der Waals surface area contributed by atoms with Crippen molar-refractivity contribution in [3.05, 3.63) is 51.5 Å². The van der Waals surface area contributed by atoms with E-state index in [2.05, 4.69) is 20.3 Å². The van der Waals surface area contributed by atoms with Crippen molar-refractivity contribution in [2.75, 3.05) is 0 Å². The highest BCUT2D eigenvalue weighted by atomic mass is 16.2. The average Bonchev–Trinajstić information content (AvgIpc) is 2.81. The maximum absolute atomic E-state index is 12.2. The summed E-state index contributed by atoms with van der Waals surface area (Å²) in [7, 11) is 0. The maximum Gasteiger partial charge on any atom is 0.252 e. The van der Waals surface area contributed by atoms with Crippen LogP contribution in [0.15, 0.2) is 23.1 Å². The van der Waals surface area contributed by atoms with E-state index in [4.69, 9.17) is 0 Å². The molecular formula is C14H18N4O2. The van der Waals surface area contributed by atoms with Crippen molar-refractivity contribution in [1.82, 2.24) is 20.3 Å². The number of imidazole rings is 1. The number of hydrogen-bond donors (Lipinski definition) is 3. The van der Waals surface area contributed by atoms with Gasteiger partial charge in [-0.25, -0.2) is 4.98 Å². The summed E-state index contributed by atoms with van der Waals surface area (Å²) in [4.78, 5) is 33.5. The molecule has 0 aliphatic rings. The van der Waals surface area contributed by atoms with E-state index < -0.39 is 0 Å². The van der Waals surface area contributed by atoms with Gasteiger partial charge in [-0.1, -0.05) is 6.92 Å². The molecule has 1 atom stereocenters. The first-order valence-corrected chi connectivity index (χ1v) is 6.53. The first-order chi connectivity index (χ1) is 9.49. The van der Waals surface area contributed by atoms with E-state index >= 15 is 0 Å². The minimum absolute atomic E-state index is 0.198. The Hall–Kier alpha value is -2.37. The van der Waals surface area contributed by atoms with Crippen LogP contribution in [0.4, 0.5) is 0 Å². The highest BCUT2D eigenvalue weighted by Gasteiger charge is 2.17. The van der Waals surface area contributed by atoms with Crippen LogP contribution >= 0.6 is 0 Å². The Morgan fingerprint density at radius 3 is 2.60 bits per heavy atom. The molecule has 2 aromatic rings. The van der Waals surface area contributed by atoms with Crippen LogP contribution in [0, 0.1) is 13.8 Å². The van der Waals surface area contributed by atoms with Gasteiger partial charge in [0.15, 0.2) is 0 Å². The number of pyridine rings is 1. The number of carbonyl (C=O) groups is 1. The van der Waals surface area contributed by atoms with Gasteiger partial charge < -0.3 is 15.3 Å². The number of H-pyrrole nitrogens is 2. The molecule has 1 unspecified atom stereocenters. The molecular weight excluding hydrogens is 256 g/mol. The molecule has 106 valence electrons. The lowest BCUT2D eigenvalue weighted by atomic mass is 10.1. The second-order valence-electron chi connectivity index (χ2n) is 4.80. The molecule has 6 heteroatoms. The first kappa shape index (κ1) is 14.0. The Balaban J connectivity index is 2.19. The van der Waals surface area contributed by atoms with Crippen LogP contribution < -0.4 is 10.9 Å². The second-order valence-corrected chi connectivity index (χ2v) is 4.80. The number of aromatic nitrogens is 3. The van der Waals surface area contributed by atoms with Crippen LogP contribution in [-0.4, -0.2) is 20.9 Å². The van der Waals surface area contributed by atoms with Crippen molar-refractivity contribution >= 4 is 5.91 Å². The maximum atomic E-state index is 12.2. The summed E-state index contributed by atoms with van der Waals surface area (Å²) < 4.78 is 0. The van der Waals surface area contributed by atoms with Crippen LogP contribution in [0.5, 0.6) is 0 Å². The zero-order chi connectivity index (χ0) is 14.7. The molecule has 2 heterocycles. The molecule has 20 heavy (non-hydrogen) atoms. The van der Waals surface area contributed by atoms with Gasteiger partial charge >= 0.3 is 0 Å². The van der Waals surface area contributed by atoms with E-state index in [0.717, 1.165) is 11.5 Å². The molecule has 3 N–H and O–H groups in total. The largest absolute Gasteiger partial charge is 0.344 e. The Morgan fingerprint density at radius 2 is 2.05 bits per heavy atom. The third-order valence-electron chi connectivity index (χ3n) is 3.01. The molecule has 0 aliphatic carbocycles. The zero-order valence-electron chi connectivity index (χ0n) is 11.8. The fourth-order valence-corrected chi connectivity index (χ4v) is 2.03. The van der Waals surface area contributed by atoms with Gasteiger partial charge in [0.05, 0.1) is 6.04 Å². The van der Waals surface area contributed by atoms with Crippen LogP contribution in [0.2, 0.25) is 0 Å². The van der Waals surface area contributed by atoms with Gasteiger partial charge in [0.2, 0.25) is 5.56 Å². The van der Waals surface area contributed by atoms with Crippen LogP contribution in [0.25, 0.3) is 0 Å². The topological polar surface area (TPSA) is 90.6 Å². The van der Waals surface area contributed by atoms with Crippen LogP contribution in [0.1, 0.15) is 47.0 Å². The van der Waals surface area contributed by atoms with Gasteiger partial charge in [0.1, 0.15) is 5.82 Å². The highest BCUT2D eigenvalue weighted by Crippen LogP contribution is 2.13. The fraction of sp³-hybridized carbons (Fsp3) is 0.357. The van der Waals surface area contributed by atoms with Crippen LogP contribution in [-0.2, 0) is 0 Å². The Kier molecular flexibility index (Phi) is 4.02.